The van der Waals surface area contributed by atoms with Gasteiger partial charge in [-0.25, -0.2) is 5.90 Å². The van der Waals surface area contributed by atoms with Crippen molar-refractivity contribution in [3.8, 4) is 0 Å². The molecule has 1 aromatic carbocycles. The van der Waals surface area contributed by atoms with Crippen LogP contribution in [-0.2, 0) is 11.3 Å². The average Bonchev–Trinajstić information content (AvgIpc) is 2.37. The number of nitrogens with two attached hydrogens (primary N) is 1. The maximum absolute atomic E-state index is 5.07. The van der Waals surface area contributed by atoms with Gasteiger partial charge < -0.3 is 9.74 Å². The lowest BCUT2D eigenvalue weighted by Crippen LogP contribution is -2.29. The number of hydrogen-bond acceptors (Lipinski definition) is 3. The Morgan fingerprint density at radius 1 is 1.35 bits per heavy atom. The standard InChI is InChI=1S/C14H22N2O/c1-16-8-5-13(6-9-16)14-4-2-3-12(11-14)7-10-17-15/h2-4,11,13H,5-10,15H2,1H3. The van der Waals surface area contributed by atoms with E-state index < -0.39 is 0 Å². The fraction of sp³-hybridized carbons (Fsp3) is 0.571. The fourth-order valence-corrected chi connectivity index (χ4v) is 2.52. The predicted octanol–water partition coefficient (Wildman–Crippen LogP) is 1.93. The molecule has 1 fully saturated rings. The molecule has 2 rings (SSSR count). The Hall–Kier alpha value is -0.900. The van der Waals surface area contributed by atoms with Crippen LogP contribution in [0.3, 0.4) is 0 Å². The second kappa shape index (κ2) is 6.15. The van der Waals surface area contributed by atoms with Gasteiger partial charge in [0.15, 0.2) is 0 Å². The highest BCUT2D eigenvalue weighted by molar-refractivity contribution is 5.27. The molecule has 17 heavy (non-hydrogen) atoms. The smallest absolute Gasteiger partial charge is 0.0719 e. The topological polar surface area (TPSA) is 38.5 Å². The van der Waals surface area contributed by atoms with E-state index in [9.17, 15) is 0 Å². The summed E-state index contributed by atoms with van der Waals surface area (Å²) in [5, 5.41) is 0. The molecule has 0 unspecified atom stereocenters. The predicted molar refractivity (Wildman–Crippen MR) is 69.8 cm³/mol. The van der Waals surface area contributed by atoms with Gasteiger partial charge in [0.05, 0.1) is 6.61 Å². The van der Waals surface area contributed by atoms with E-state index in [1.165, 1.54) is 37.1 Å². The summed E-state index contributed by atoms with van der Waals surface area (Å²) < 4.78 is 0. The quantitative estimate of drug-likeness (QED) is 0.809. The van der Waals surface area contributed by atoms with Crippen LogP contribution in [0.25, 0.3) is 0 Å². The summed E-state index contributed by atoms with van der Waals surface area (Å²) in [6.07, 6.45) is 3.44. The van der Waals surface area contributed by atoms with Crippen LogP contribution in [0.4, 0.5) is 0 Å². The molecule has 1 saturated heterocycles. The molecule has 0 bridgehead atoms. The Labute approximate surface area is 104 Å². The molecule has 0 atom stereocenters. The first-order chi connectivity index (χ1) is 8.29. The molecule has 0 amide bonds. The fourth-order valence-electron chi connectivity index (χ4n) is 2.52. The van der Waals surface area contributed by atoms with Gasteiger partial charge in [-0.3, -0.25) is 0 Å². The Bertz CT molecular complexity index is 346. The van der Waals surface area contributed by atoms with Gasteiger partial charge in [-0.05, 0) is 56.4 Å². The van der Waals surface area contributed by atoms with Gasteiger partial charge in [0.1, 0.15) is 0 Å². The van der Waals surface area contributed by atoms with Gasteiger partial charge >= 0.3 is 0 Å². The van der Waals surface area contributed by atoms with E-state index in [1.807, 2.05) is 0 Å². The van der Waals surface area contributed by atoms with Crippen molar-refractivity contribution in [2.75, 3.05) is 26.7 Å². The number of nitrogens with zero attached hydrogens (tertiary/aromatic N) is 1. The van der Waals surface area contributed by atoms with Crippen molar-refractivity contribution in [3.63, 3.8) is 0 Å². The minimum atomic E-state index is 0.594. The minimum absolute atomic E-state index is 0.594. The highest BCUT2D eigenvalue weighted by atomic mass is 16.6. The first-order valence-corrected chi connectivity index (χ1v) is 6.38. The molecular weight excluding hydrogens is 212 g/mol. The van der Waals surface area contributed by atoms with Crippen LogP contribution >= 0.6 is 0 Å². The van der Waals surface area contributed by atoms with Crippen molar-refractivity contribution >= 4 is 0 Å². The maximum atomic E-state index is 5.07. The minimum Gasteiger partial charge on any atom is -0.306 e. The maximum Gasteiger partial charge on any atom is 0.0719 e. The number of benzene rings is 1. The molecular formula is C14H22N2O. The zero-order valence-electron chi connectivity index (χ0n) is 10.6. The second-order valence-corrected chi connectivity index (χ2v) is 4.94. The van der Waals surface area contributed by atoms with E-state index >= 15 is 0 Å². The molecule has 3 nitrogen and oxygen atoms in total. The Morgan fingerprint density at radius 2 is 2.12 bits per heavy atom. The number of likely N-dealkylation sites (tertiary alicyclic amines) is 1. The molecule has 94 valence electrons. The van der Waals surface area contributed by atoms with Gasteiger partial charge in [-0.2, -0.15) is 0 Å². The lowest BCUT2D eigenvalue weighted by molar-refractivity contribution is 0.141. The SMILES string of the molecule is CN1CCC(c2cccc(CCON)c2)CC1. The Balaban J connectivity index is 2.00. The van der Waals surface area contributed by atoms with Crippen molar-refractivity contribution in [1.29, 1.82) is 0 Å². The molecule has 1 heterocycles. The molecule has 1 aromatic rings. The van der Waals surface area contributed by atoms with Crippen LogP contribution in [0.2, 0.25) is 0 Å². The molecule has 0 aliphatic carbocycles. The number of rotatable bonds is 4. The molecule has 2 N–H and O–H groups in total. The van der Waals surface area contributed by atoms with Crippen molar-refractivity contribution < 1.29 is 4.84 Å². The van der Waals surface area contributed by atoms with E-state index in [-0.39, 0.29) is 0 Å². The molecule has 0 aromatic heterocycles. The normalized spacial score (nSPS) is 18.5. The average molecular weight is 234 g/mol. The van der Waals surface area contributed by atoms with E-state index in [2.05, 4.69) is 41.1 Å². The Morgan fingerprint density at radius 3 is 2.82 bits per heavy atom. The lowest BCUT2D eigenvalue weighted by Gasteiger charge is -2.29. The van der Waals surface area contributed by atoms with Crippen LogP contribution in [0.15, 0.2) is 24.3 Å². The largest absolute Gasteiger partial charge is 0.306 e. The van der Waals surface area contributed by atoms with Gasteiger partial charge in [-0.1, -0.05) is 24.3 Å². The van der Waals surface area contributed by atoms with Crippen molar-refractivity contribution in [2.45, 2.75) is 25.2 Å². The van der Waals surface area contributed by atoms with Crippen LogP contribution in [0.5, 0.6) is 0 Å². The van der Waals surface area contributed by atoms with E-state index in [0.717, 1.165) is 12.3 Å². The second-order valence-electron chi connectivity index (χ2n) is 4.94. The van der Waals surface area contributed by atoms with Crippen LogP contribution in [0, 0.1) is 0 Å². The van der Waals surface area contributed by atoms with Gasteiger partial charge in [0.2, 0.25) is 0 Å². The van der Waals surface area contributed by atoms with Gasteiger partial charge in [0, 0.05) is 0 Å². The lowest BCUT2D eigenvalue weighted by atomic mass is 9.88. The van der Waals surface area contributed by atoms with Crippen molar-refractivity contribution in [2.24, 2.45) is 5.90 Å². The zero-order valence-corrected chi connectivity index (χ0v) is 10.6. The highest BCUT2D eigenvalue weighted by Crippen LogP contribution is 2.27. The highest BCUT2D eigenvalue weighted by Gasteiger charge is 2.18. The van der Waals surface area contributed by atoms with E-state index in [0.29, 0.717) is 6.61 Å². The summed E-state index contributed by atoms with van der Waals surface area (Å²) >= 11 is 0. The third kappa shape index (κ3) is 3.53. The monoisotopic (exact) mass is 234 g/mol. The molecule has 0 spiro atoms. The summed E-state index contributed by atoms with van der Waals surface area (Å²) in [6, 6.07) is 8.87. The summed E-state index contributed by atoms with van der Waals surface area (Å²) in [4.78, 5) is 7.04. The molecule has 0 saturated carbocycles. The molecule has 1 aliphatic rings. The Kier molecular flexibility index (Phi) is 4.54. The zero-order chi connectivity index (χ0) is 12.1. The number of hydrogen-bond donors (Lipinski definition) is 1. The molecule has 0 radical (unpaired) electrons. The first kappa shape index (κ1) is 12.6. The van der Waals surface area contributed by atoms with Gasteiger partial charge in [-0.15, -0.1) is 0 Å². The third-order valence-electron chi connectivity index (χ3n) is 3.65. The van der Waals surface area contributed by atoms with E-state index in [1.54, 1.807) is 0 Å². The number of piperidine rings is 1. The summed E-state index contributed by atoms with van der Waals surface area (Å²) in [6.45, 7) is 3.01. The van der Waals surface area contributed by atoms with Crippen LogP contribution < -0.4 is 5.90 Å². The van der Waals surface area contributed by atoms with Crippen LogP contribution in [-0.4, -0.2) is 31.6 Å². The van der Waals surface area contributed by atoms with Crippen molar-refractivity contribution in [1.82, 2.24) is 4.90 Å². The van der Waals surface area contributed by atoms with Gasteiger partial charge in [0.25, 0.3) is 0 Å². The molecule has 3 heteroatoms. The summed E-state index contributed by atoms with van der Waals surface area (Å²) in [5.74, 6) is 5.79. The van der Waals surface area contributed by atoms with Crippen LogP contribution in [0.1, 0.15) is 29.9 Å². The molecule has 1 aliphatic heterocycles. The van der Waals surface area contributed by atoms with E-state index in [4.69, 9.17) is 5.90 Å². The third-order valence-corrected chi connectivity index (χ3v) is 3.65. The van der Waals surface area contributed by atoms with Crippen molar-refractivity contribution in [3.05, 3.63) is 35.4 Å². The summed E-state index contributed by atoms with van der Waals surface area (Å²) in [7, 11) is 2.20. The summed E-state index contributed by atoms with van der Waals surface area (Å²) in [5.41, 5.74) is 2.81. The first-order valence-electron chi connectivity index (χ1n) is 6.38.